The summed E-state index contributed by atoms with van der Waals surface area (Å²) in [6.07, 6.45) is 2.00. The first kappa shape index (κ1) is 13.0. The Balaban J connectivity index is 1.71. The van der Waals surface area contributed by atoms with Crippen molar-refractivity contribution in [3.05, 3.63) is 38.4 Å². The monoisotopic (exact) mass is 338 g/mol. The smallest absolute Gasteiger partial charge is 0.198 e. The summed E-state index contributed by atoms with van der Waals surface area (Å²) in [6, 6.07) is 4.26. The molecule has 0 atom stereocenters. The van der Waals surface area contributed by atoms with Crippen molar-refractivity contribution in [2.24, 2.45) is 0 Å². The SMILES string of the molecule is Brc1nc2c(c(NCCc3cccs3)n1)CNCC2. The number of halogens is 1. The van der Waals surface area contributed by atoms with E-state index >= 15 is 0 Å². The quantitative estimate of drug-likeness (QED) is 0.841. The molecule has 0 unspecified atom stereocenters. The van der Waals surface area contributed by atoms with E-state index in [1.165, 1.54) is 10.4 Å². The Morgan fingerprint density at radius 2 is 2.37 bits per heavy atom. The zero-order valence-corrected chi connectivity index (χ0v) is 12.9. The van der Waals surface area contributed by atoms with Crippen molar-refractivity contribution in [2.75, 3.05) is 18.4 Å². The molecule has 0 amide bonds. The molecule has 2 aromatic heterocycles. The standard InChI is InChI=1S/C13H15BrN4S/c14-13-17-11-4-5-15-8-10(11)12(18-13)16-6-3-9-2-1-7-19-9/h1-2,7,15H,3-6,8H2,(H,16,17,18). The van der Waals surface area contributed by atoms with Crippen molar-refractivity contribution in [3.63, 3.8) is 0 Å². The molecule has 0 saturated carbocycles. The molecule has 0 spiro atoms. The molecule has 3 rings (SSSR count). The molecule has 6 heteroatoms. The Kier molecular flexibility index (Phi) is 4.10. The summed E-state index contributed by atoms with van der Waals surface area (Å²) in [4.78, 5) is 10.3. The summed E-state index contributed by atoms with van der Waals surface area (Å²) < 4.78 is 0.673. The Labute approximate surface area is 124 Å². The molecule has 2 N–H and O–H groups in total. The first-order valence-electron chi connectivity index (χ1n) is 6.35. The summed E-state index contributed by atoms with van der Waals surface area (Å²) in [7, 11) is 0. The van der Waals surface area contributed by atoms with Gasteiger partial charge in [0, 0.05) is 36.5 Å². The second-order valence-corrected chi connectivity index (χ2v) is 6.19. The fourth-order valence-corrected chi connectivity index (χ4v) is 3.32. The van der Waals surface area contributed by atoms with Gasteiger partial charge in [0.25, 0.3) is 0 Å². The number of hydrogen-bond donors (Lipinski definition) is 2. The molecule has 3 heterocycles. The van der Waals surface area contributed by atoms with Crippen molar-refractivity contribution >= 4 is 33.1 Å². The van der Waals surface area contributed by atoms with Crippen LogP contribution >= 0.6 is 27.3 Å². The van der Waals surface area contributed by atoms with Crippen LogP contribution in [0.1, 0.15) is 16.1 Å². The second-order valence-electron chi connectivity index (χ2n) is 4.45. The number of nitrogens with zero attached hydrogens (tertiary/aromatic N) is 2. The molecule has 0 fully saturated rings. The Bertz CT molecular complexity index is 556. The predicted octanol–water partition coefficient (Wildman–Crippen LogP) is 2.60. The summed E-state index contributed by atoms with van der Waals surface area (Å²) >= 11 is 5.19. The van der Waals surface area contributed by atoms with Gasteiger partial charge in [0.15, 0.2) is 4.73 Å². The molecular formula is C13H15BrN4S. The number of nitrogens with one attached hydrogen (secondary N) is 2. The molecule has 0 bridgehead atoms. The largest absolute Gasteiger partial charge is 0.369 e. The van der Waals surface area contributed by atoms with Crippen LogP contribution in [0.2, 0.25) is 0 Å². The maximum Gasteiger partial charge on any atom is 0.198 e. The topological polar surface area (TPSA) is 49.8 Å². The maximum absolute atomic E-state index is 4.46. The highest BCUT2D eigenvalue weighted by Gasteiger charge is 2.16. The minimum Gasteiger partial charge on any atom is -0.369 e. The third-order valence-electron chi connectivity index (χ3n) is 3.15. The summed E-state index contributed by atoms with van der Waals surface area (Å²) in [6.45, 7) is 2.74. The van der Waals surface area contributed by atoms with Crippen LogP contribution in [-0.2, 0) is 19.4 Å². The number of fused-ring (bicyclic) bond motifs is 1. The molecule has 2 aromatic rings. The van der Waals surface area contributed by atoms with Crippen LogP contribution < -0.4 is 10.6 Å². The van der Waals surface area contributed by atoms with Crippen molar-refractivity contribution in [2.45, 2.75) is 19.4 Å². The third-order valence-corrected chi connectivity index (χ3v) is 4.44. The molecule has 19 heavy (non-hydrogen) atoms. The van der Waals surface area contributed by atoms with E-state index in [4.69, 9.17) is 0 Å². The van der Waals surface area contributed by atoms with Crippen LogP contribution in [0.25, 0.3) is 0 Å². The van der Waals surface area contributed by atoms with Crippen LogP contribution in [0.3, 0.4) is 0 Å². The van der Waals surface area contributed by atoms with E-state index in [0.717, 1.165) is 44.0 Å². The predicted molar refractivity (Wildman–Crippen MR) is 81.7 cm³/mol. The van der Waals surface area contributed by atoms with Crippen LogP contribution in [0.5, 0.6) is 0 Å². The van der Waals surface area contributed by atoms with Crippen LogP contribution in [0.15, 0.2) is 22.2 Å². The summed E-state index contributed by atoms with van der Waals surface area (Å²) in [5.74, 6) is 0.959. The molecule has 4 nitrogen and oxygen atoms in total. The minimum atomic E-state index is 0.673. The summed E-state index contributed by atoms with van der Waals surface area (Å²) in [5.41, 5.74) is 2.36. The number of anilines is 1. The van der Waals surface area contributed by atoms with Gasteiger partial charge in [0.05, 0.1) is 5.69 Å². The molecule has 1 aliphatic rings. The zero-order valence-electron chi connectivity index (χ0n) is 10.4. The highest BCUT2D eigenvalue weighted by molar-refractivity contribution is 9.10. The molecular weight excluding hydrogens is 324 g/mol. The lowest BCUT2D eigenvalue weighted by Crippen LogP contribution is -2.26. The van der Waals surface area contributed by atoms with Gasteiger partial charge in [0.1, 0.15) is 5.82 Å². The lowest BCUT2D eigenvalue weighted by Gasteiger charge is -2.19. The Hall–Kier alpha value is -0.980. The fraction of sp³-hybridized carbons (Fsp3) is 0.385. The lowest BCUT2D eigenvalue weighted by atomic mass is 10.1. The van der Waals surface area contributed by atoms with Gasteiger partial charge in [-0.25, -0.2) is 9.97 Å². The third kappa shape index (κ3) is 3.13. The van der Waals surface area contributed by atoms with Crippen LogP contribution in [0, 0.1) is 0 Å². The number of rotatable bonds is 4. The Morgan fingerprint density at radius 3 is 3.21 bits per heavy atom. The van der Waals surface area contributed by atoms with Gasteiger partial charge in [-0.05, 0) is 33.8 Å². The van der Waals surface area contributed by atoms with E-state index in [-0.39, 0.29) is 0 Å². The van der Waals surface area contributed by atoms with E-state index in [2.05, 4.69) is 54.0 Å². The highest BCUT2D eigenvalue weighted by atomic mass is 79.9. The van der Waals surface area contributed by atoms with Crippen molar-refractivity contribution in [3.8, 4) is 0 Å². The first-order valence-corrected chi connectivity index (χ1v) is 8.02. The van der Waals surface area contributed by atoms with E-state index < -0.39 is 0 Å². The van der Waals surface area contributed by atoms with E-state index in [1.54, 1.807) is 11.3 Å². The number of aromatic nitrogens is 2. The molecule has 0 saturated heterocycles. The lowest BCUT2D eigenvalue weighted by molar-refractivity contribution is 0.625. The number of thiophene rings is 1. The maximum atomic E-state index is 4.46. The second kappa shape index (κ2) is 5.98. The molecule has 100 valence electrons. The molecule has 0 aromatic carbocycles. The van der Waals surface area contributed by atoms with Crippen molar-refractivity contribution < 1.29 is 0 Å². The molecule has 0 aliphatic carbocycles. The average Bonchev–Trinajstić information content (AvgIpc) is 2.91. The van der Waals surface area contributed by atoms with E-state index in [0.29, 0.717) is 4.73 Å². The average molecular weight is 339 g/mol. The summed E-state index contributed by atoms with van der Waals surface area (Å²) in [5, 5.41) is 8.92. The zero-order chi connectivity index (χ0) is 13.1. The van der Waals surface area contributed by atoms with Crippen molar-refractivity contribution in [1.82, 2.24) is 15.3 Å². The van der Waals surface area contributed by atoms with E-state index in [9.17, 15) is 0 Å². The van der Waals surface area contributed by atoms with Gasteiger partial charge in [-0.2, -0.15) is 0 Å². The van der Waals surface area contributed by atoms with Gasteiger partial charge in [-0.1, -0.05) is 6.07 Å². The first-order chi connectivity index (χ1) is 9.33. The van der Waals surface area contributed by atoms with Gasteiger partial charge in [0.2, 0.25) is 0 Å². The normalized spacial score (nSPS) is 14.2. The molecule has 0 radical (unpaired) electrons. The van der Waals surface area contributed by atoms with Gasteiger partial charge in [-0.15, -0.1) is 11.3 Å². The van der Waals surface area contributed by atoms with Crippen LogP contribution in [0.4, 0.5) is 5.82 Å². The van der Waals surface area contributed by atoms with Crippen LogP contribution in [-0.4, -0.2) is 23.1 Å². The van der Waals surface area contributed by atoms with Gasteiger partial charge in [-0.3, -0.25) is 0 Å². The van der Waals surface area contributed by atoms with Gasteiger partial charge < -0.3 is 10.6 Å². The van der Waals surface area contributed by atoms with E-state index in [1.807, 2.05) is 0 Å². The fourth-order valence-electron chi connectivity index (χ4n) is 2.22. The van der Waals surface area contributed by atoms with Gasteiger partial charge >= 0.3 is 0 Å². The minimum absolute atomic E-state index is 0.673. The number of hydrogen-bond acceptors (Lipinski definition) is 5. The highest BCUT2D eigenvalue weighted by Crippen LogP contribution is 2.22. The molecule has 1 aliphatic heterocycles. The Morgan fingerprint density at radius 1 is 1.42 bits per heavy atom. The van der Waals surface area contributed by atoms with Crippen molar-refractivity contribution in [1.29, 1.82) is 0 Å².